The standard InChI is InChI=1S/C18H21N3O4S2/c1-13-8-10-21(11-9-13)27(24,25)15-6-4-14(5-7-15)17(22)19-20-18(23)16-3-2-12-26-16/h2-7,12-13H,8-11H2,1H3,(H,19,22)(H,20,23). The zero-order valence-corrected chi connectivity index (χ0v) is 16.5. The first-order valence-electron chi connectivity index (χ1n) is 8.62. The van der Waals surface area contributed by atoms with E-state index in [1.165, 1.54) is 39.9 Å². The van der Waals surface area contributed by atoms with Gasteiger partial charge in [-0.05, 0) is 54.5 Å². The van der Waals surface area contributed by atoms with Gasteiger partial charge >= 0.3 is 0 Å². The minimum Gasteiger partial charge on any atom is -0.267 e. The van der Waals surface area contributed by atoms with E-state index >= 15 is 0 Å². The summed E-state index contributed by atoms with van der Waals surface area (Å²) in [4.78, 5) is 24.6. The molecule has 144 valence electrons. The highest BCUT2D eigenvalue weighted by Crippen LogP contribution is 2.23. The number of sulfonamides is 1. The number of nitrogens with one attached hydrogen (secondary N) is 2. The van der Waals surface area contributed by atoms with Crippen LogP contribution in [0.4, 0.5) is 0 Å². The minimum absolute atomic E-state index is 0.163. The molecule has 1 saturated heterocycles. The fraction of sp³-hybridized carbons (Fsp3) is 0.333. The molecule has 1 aliphatic rings. The van der Waals surface area contributed by atoms with Crippen LogP contribution in [0.25, 0.3) is 0 Å². The van der Waals surface area contributed by atoms with E-state index in [9.17, 15) is 18.0 Å². The van der Waals surface area contributed by atoms with E-state index in [2.05, 4.69) is 17.8 Å². The number of nitrogens with zero attached hydrogens (tertiary/aromatic N) is 1. The van der Waals surface area contributed by atoms with Crippen LogP contribution in [0, 0.1) is 5.92 Å². The highest BCUT2D eigenvalue weighted by molar-refractivity contribution is 7.89. The largest absolute Gasteiger partial charge is 0.279 e. The van der Waals surface area contributed by atoms with Gasteiger partial charge in [-0.3, -0.25) is 20.4 Å². The molecule has 2 heterocycles. The molecule has 1 aliphatic heterocycles. The van der Waals surface area contributed by atoms with E-state index < -0.39 is 21.8 Å². The SMILES string of the molecule is CC1CCN(S(=O)(=O)c2ccc(C(=O)NNC(=O)c3cccs3)cc2)CC1. The summed E-state index contributed by atoms with van der Waals surface area (Å²) >= 11 is 1.26. The van der Waals surface area contributed by atoms with Gasteiger partial charge < -0.3 is 0 Å². The van der Waals surface area contributed by atoms with Gasteiger partial charge in [0, 0.05) is 18.7 Å². The highest BCUT2D eigenvalue weighted by atomic mass is 32.2. The fourth-order valence-corrected chi connectivity index (χ4v) is 4.90. The predicted molar refractivity (Wildman–Crippen MR) is 103 cm³/mol. The van der Waals surface area contributed by atoms with Crippen LogP contribution in [-0.4, -0.2) is 37.6 Å². The van der Waals surface area contributed by atoms with Gasteiger partial charge in [-0.25, -0.2) is 8.42 Å². The molecule has 0 radical (unpaired) electrons. The summed E-state index contributed by atoms with van der Waals surface area (Å²) in [7, 11) is -3.55. The zero-order chi connectivity index (χ0) is 19.4. The van der Waals surface area contributed by atoms with Crippen LogP contribution in [0.1, 0.15) is 39.8 Å². The second kappa shape index (κ2) is 8.20. The summed E-state index contributed by atoms with van der Waals surface area (Å²) in [6.07, 6.45) is 1.70. The number of amides is 2. The summed E-state index contributed by atoms with van der Waals surface area (Å²) in [5.41, 5.74) is 4.91. The van der Waals surface area contributed by atoms with Gasteiger partial charge in [0.25, 0.3) is 11.8 Å². The molecule has 0 saturated carbocycles. The Labute approximate surface area is 162 Å². The Morgan fingerprint density at radius 2 is 1.67 bits per heavy atom. The maximum absolute atomic E-state index is 12.7. The molecular formula is C18H21N3O4S2. The molecule has 2 amide bonds. The summed E-state index contributed by atoms with van der Waals surface area (Å²) in [6, 6.07) is 9.10. The van der Waals surface area contributed by atoms with Crippen molar-refractivity contribution in [2.75, 3.05) is 13.1 Å². The number of rotatable bonds is 4. The van der Waals surface area contributed by atoms with Crippen molar-refractivity contribution in [3.05, 3.63) is 52.2 Å². The smallest absolute Gasteiger partial charge is 0.267 e. The third-order valence-corrected chi connectivity index (χ3v) is 7.31. The molecule has 0 spiro atoms. The van der Waals surface area contributed by atoms with E-state index in [1.807, 2.05) is 0 Å². The summed E-state index contributed by atoms with van der Waals surface area (Å²) in [5, 5.41) is 1.76. The summed E-state index contributed by atoms with van der Waals surface area (Å²) in [6.45, 7) is 3.15. The molecule has 1 fully saturated rings. The number of benzene rings is 1. The fourth-order valence-electron chi connectivity index (χ4n) is 2.81. The molecule has 0 atom stereocenters. The monoisotopic (exact) mass is 407 g/mol. The maximum atomic E-state index is 12.7. The number of carbonyl (C=O) groups excluding carboxylic acids is 2. The van der Waals surface area contributed by atoms with Crippen molar-refractivity contribution in [3.63, 3.8) is 0 Å². The Hall–Kier alpha value is -2.23. The van der Waals surface area contributed by atoms with Gasteiger partial charge in [0.2, 0.25) is 10.0 Å². The topological polar surface area (TPSA) is 95.6 Å². The van der Waals surface area contributed by atoms with Gasteiger partial charge in [-0.15, -0.1) is 11.3 Å². The van der Waals surface area contributed by atoms with Crippen molar-refractivity contribution in [2.45, 2.75) is 24.7 Å². The lowest BCUT2D eigenvalue weighted by Crippen LogP contribution is -2.41. The lowest BCUT2D eigenvalue weighted by Gasteiger charge is -2.29. The van der Waals surface area contributed by atoms with Gasteiger partial charge in [0.05, 0.1) is 9.77 Å². The molecule has 2 N–H and O–H groups in total. The van der Waals surface area contributed by atoms with E-state index in [0.29, 0.717) is 23.9 Å². The van der Waals surface area contributed by atoms with Crippen LogP contribution < -0.4 is 10.9 Å². The van der Waals surface area contributed by atoms with Crippen molar-refractivity contribution in [1.29, 1.82) is 0 Å². The first-order valence-corrected chi connectivity index (χ1v) is 10.9. The molecule has 2 aromatic rings. The van der Waals surface area contributed by atoms with Crippen LogP contribution in [-0.2, 0) is 10.0 Å². The zero-order valence-electron chi connectivity index (χ0n) is 14.8. The number of carbonyl (C=O) groups is 2. The Kier molecular flexibility index (Phi) is 5.93. The first-order chi connectivity index (χ1) is 12.9. The van der Waals surface area contributed by atoms with Crippen LogP contribution in [0.5, 0.6) is 0 Å². The van der Waals surface area contributed by atoms with E-state index in [0.717, 1.165) is 12.8 Å². The third-order valence-electron chi connectivity index (χ3n) is 4.53. The van der Waals surface area contributed by atoms with Crippen molar-refractivity contribution >= 4 is 33.2 Å². The van der Waals surface area contributed by atoms with Crippen molar-refractivity contribution in [3.8, 4) is 0 Å². The molecule has 1 aromatic carbocycles. The van der Waals surface area contributed by atoms with E-state index in [-0.39, 0.29) is 10.5 Å². The molecule has 0 unspecified atom stereocenters. The quantitative estimate of drug-likeness (QED) is 0.760. The van der Waals surface area contributed by atoms with Crippen LogP contribution in [0.15, 0.2) is 46.7 Å². The normalized spacial score (nSPS) is 16.0. The van der Waals surface area contributed by atoms with Crippen molar-refractivity contribution < 1.29 is 18.0 Å². The number of piperidine rings is 1. The van der Waals surface area contributed by atoms with Gasteiger partial charge in [0.1, 0.15) is 0 Å². The Morgan fingerprint density at radius 1 is 1.04 bits per heavy atom. The molecule has 27 heavy (non-hydrogen) atoms. The molecular weight excluding hydrogens is 386 g/mol. The number of hydrazine groups is 1. The lowest BCUT2D eigenvalue weighted by atomic mass is 10.0. The number of thiophene rings is 1. The Bertz CT molecular complexity index is 901. The second-order valence-electron chi connectivity index (χ2n) is 6.50. The second-order valence-corrected chi connectivity index (χ2v) is 9.38. The highest BCUT2D eigenvalue weighted by Gasteiger charge is 2.28. The molecule has 9 heteroatoms. The molecule has 1 aromatic heterocycles. The number of hydrogen-bond acceptors (Lipinski definition) is 5. The molecule has 0 aliphatic carbocycles. The minimum atomic E-state index is -3.55. The predicted octanol–water partition coefficient (Wildman–Crippen LogP) is 2.24. The van der Waals surface area contributed by atoms with Gasteiger partial charge in [0.15, 0.2) is 0 Å². The Morgan fingerprint density at radius 3 is 2.26 bits per heavy atom. The summed E-state index contributed by atoms with van der Waals surface area (Å²) in [5.74, 6) is -0.389. The molecule has 0 bridgehead atoms. The number of hydrogen-bond donors (Lipinski definition) is 2. The lowest BCUT2D eigenvalue weighted by molar-refractivity contribution is 0.0849. The molecule has 3 rings (SSSR count). The van der Waals surface area contributed by atoms with Gasteiger partial charge in [-0.2, -0.15) is 4.31 Å². The van der Waals surface area contributed by atoms with Crippen LogP contribution in [0.2, 0.25) is 0 Å². The van der Waals surface area contributed by atoms with Gasteiger partial charge in [-0.1, -0.05) is 13.0 Å². The van der Waals surface area contributed by atoms with E-state index in [1.54, 1.807) is 17.5 Å². The summed E-state index contributed by atoms with van der Waals surface area (Å²) < 4.78 is 26.9. The van der Waals surface area contributed by atoms with Crippen LogP contribution >= 0.6 is 11.3 Å². The Balaban J connectivity index is 1.62. The van der Waals surface area contributed by atoms with Crippen LogP contribution in [0.3, 0.4) is 0 Å². The average molecular weight is 408 g/mol. The average Bonchev–Trinajstić information content (AvgIpc) is 3.21. The van der Waals surface area contributed by atoms with Crippen molar-refractivity contribution in [2.24, 2.45) is 5.92 Å². The molecule has 7 nitrogen and oxygen atoms in total. The van der Waals surface area contributed by atoms with E-state index in [4.69, 9.17) is 0 Å². The first kappa shape index (κ1) is 19.5. The maximum Gasteiger partial charge on any atom is 0.279 e. The van der Waals surface area contributed by atoms with Crippen molar-refractivity contribution in [1.82, 2.24) is 15.2 Å². The third kappa shape index (κ3) is 4.55.